The van der Waals surface area contributed by atoms with Crippen molar-refractivity contribution in [2.75, 3.05) is 0 Å². The Balaban J connectivity index is 1.63. The zero-order valence-electron chi connectivity index (χ0n) is 12.7. The standard InChI is InChI=1S/C15H19ClN4O2/c1-9-15-11(4-3-5-12(15)20(2)18-9)17-14(21)7-6-10-8-13(16)19-22-10/h8,11H,3-7H2,1-2H3,(H,17,21). The fourth-order valence-corrected chi connectivity index (χ4v) is 3.30. The molecule has 0 aromatic carbocycles. The molecule has 0 saturated carbocycles. The van der Waals surface area contributed by atoms with Gasteiger partial charge < -0.3 is 9.84 Å². The van der Waals surface area contributed by atoms with Crippen LogP contribution in [0.2, 0.25) is 5.15 Å². The van der Waals surface area contributed by atoms with Gasteiger partial charge in [0.25, 0.3) is 0 Å². The van der Waals surface area contributed by atoms with Crippen molar-refractivity contribution in [3.8, 4) is 0 Å². The summed E-state index contributed by atoms with van der Waals surface area (Å²) in [6.45, 7) is 2.00. The Bertz CT molecular complexity index is 692. The first-order chi connectivity index (χ1) is 10.5. The summed E-state index contributed by atoms with van der Waals surface area (Å²) in [6, 6.07) is 1.70. The first-order valence-corrected chi connectivity index (χ1v) is 7.85. The quantitative estimate of drug-likeness (QED) is 0.938. The maximum Gasteiger partial charge on any atom is 0.220 e. The van der Waals surface area contributed by atoms with E-state index < -0.39 is 0 Å². The third kappa shape index (κ3) is 3.02. The molecule has 1 unspecified atom stereocenters. The molecule has 2 heterocycles. The number of aryl methyl sites for hydroxylation is 3. The van der Waals surface area contributed by atoms with Crippen LogP contribution in [0.3, 0.4) is 0 Å². The van der Waals surface area contributed by atoms with Gasteiger partial charge in [-0.25, -0.2) is 0 Å². The Kier molecular flexibility index (Phi) is 4.20. The Morgan fingerprint density at radius 1 is 1.59 bits per heavy atom. The lowest BCUT2D eigenvalue weighted by Gasteiger charge is -2.24. The first-order valence-electron chi connectivity index (χ1n) is 7.47. The van der Waals surface area contributed by atoms with Crippen LogP contribution in [0.4, 0.5) is 0 Å². The van der Waals surface area contributed by atoms with Gasteiger partial charge in [0, 0.05) is 37.2 Å². The smallest absolute Gasteiger partial charge is 0.220 e. The number of fused-ring (bicyclic) bond motifs is 1. The molecule has 1 amide bonds. The molecule has 7 heteroatoms. The molecule has 0 aliphatic heterocycles. The van der Waals surface area contributed by atoms with Gasteiger partial charge in [-0.15, -0.1) is 0 Å². The highest BCUT2D eigenvalue weighted by atomic mass is 35.5. The topological polar surface area (TPSA) is 73.0 Å². The predicted octanol–water partition coefficient (Wildman–Crippen LogP) is 2.50. The highest BCUT2D eigenvalue weighted by Crippen LogP contribution is 2.31. The number of rotatable bonds is 4. The van der Waals surface area contributed by atoms with E-state index in [1.165, 1.54) is 11.3 Å². The fraction of sp³-hybridized carbons (Fsp3) is 0.533. The molecule has 2 aromatic heterocycles. The second kappa shape index (κ2) is 6.12. The molecule has 0 bridgehead atoms. The van der Waals surface area contributed by atoms with Crippen molar-refractivity contribution >= 4 is 17.5 Å². The van der Waals surface area contributed by atoms with Crippen LogP contribution in [0, 0.1) is 6.92 Å². The molecular weight excluding hydrogens is 304 g/mol. The van der Waals surface area contributed by atoms with Crippen LogP contribution in [0.15, 0.2) is 10.6 Å². The Hall–Kier alpha value is -1.82. The zero-order chi connectivity index (χ0) is 15.7. The second-order valence-electron chi connectivity index (χ2n) is 5.70. The van der Waals surface area contributed by atoms with Gasteiger partial charge in [-0.2, -0.15) is 5.10 Å². The molecule has 0 radical (unpaired) electrons. The summed E-state index contributed by atoms with van der Waals surface area (Å²) in [5, 5.41) is 11.5. The minimum Gasteiger partial charge on any atom is -0.360 e. The van der Waals surface area contributed by atoms with E-state index in [9.17, 15) is 4.79 Å². The molecule has 22 heavy (non-hydrogen) atoms. The third-order valence-corrected chi connectivity index (χ3v) is 4.29. The number of hydrogen-bond acceptors (Lipinski definition) is 4. The predicted molar refractivity (Wildman–Crippen MR) is 81.6 cm³/mol. The Labute approximate surface area is 133 Å². The van der Waals surface area contributed by atoms with E-state index in [2.05, 4.69) is 15.6 Å². The first kappa shape index (κ1) is 15.1. The number of hydrogen-bond donors (Lipinski definition) is 1. The lowest BCUT2D eigenvalue weighted by atomic mass is 9.91. The van der Waals surface area contributed by atoms with E-state index in [0.717, 1.165) is 25.0 Å². The Morgan fingerprint density at radius 2 is 2.41 bits per heavy atom. The maximum atomic E-state index is 12.2. The van der Waals surface area contributed by atoms with Crippen molar-refractivity contribution < 1.29 is 9.32 Å². The summed E-state index contributed by atoms with van der Waals surface area (Å²) in [5.74, 6) is 0.635. The van der Waals surface area contributed by atoms with E-state index in [4.69, 9.17) is 16.1 Å². The second-order valence-corrected chi connectivity index (χ2v) is 6.08. The van der Waals surface area contributed by atoms with E-state index in [-0.39, 0.29) is 11.9 Å². The van der Waals surface area contributed by atoms with E-state index in [1.807, 2.05) is 18.7 Å². The molecular formula is C15H19ClN4O2. The molecule has 1 aliphatic carbocycles. The van der Waals surface area contributed by atoms with E-state index in [1.54, 1.807) is 6.07 Å². The van der Waals surface area contributed by atoms with E-state index >= 15 is 0 Å². The average molecular weight is 323 g/mol. The number of aromatic nitrogens is 3. The van der Waals surface area contributed by atoms with Crippen molar-refractivity contribution in [3.63, 3.8) is 0 Å². The van der Waals surface area contributed by atoms with Crippen LogP contribution in [0.5, 0.6) is 0 Å². The molecule has 2 aromatic rings. The molecule has 118 valence electrons. The van der Waals surface area contributed by atoms with Crippen molar-refractivity contribution in [1.82, 2.24) is 20.3 Å². The number of carbonyl (C=O) groups excluding carboxylic acids is 1. The average Bonchev–Trinajstić information content (AvgIpc) is 3.02. The van der Waals surface area contributed by atoms with Crippen molar-refractivity contribution in [2.45, 2.75) is 45.1 Å². The van der Waals surface area contributed by atoms with E-state index in [0.29, 0.717) is 23.8 Å². The third-order valence-electron chi connectivity index (χ3n) is 4.11. The van der Waals surface area contributed by atoms with Crippen LogP contribution < -0.4 is 5.32 Å². The van der Waals surface area contributed by atoms with Crippen molar-refractivity contribution in [1.29, 1.82) is 0 Å². The number of nitrogens with zero attached hydrogens (tertiary/aromatic N) is 3. The van der Waals surface area contributed by atoms with Gasteiger partial charge in [-0.1, -0.05) is 16.8 Å². The normalized spacial score (nSPS) is 17.3. The highest BCUT2D eigenvalue weighted by Gasteiger charge is 2.27. The number of halogens is 1. The van der Waals surface area contributed by atoms with Crippen molar-refractivity contribution in [2.24, 2.45) is 7.05 Å². The molecule has 1 N–H and O–H groups in total. The summed E-state index contributed by atoms with van der Waals surface area (Å²) in [6.07, 6.45) is 3.90. The number of carbonyl (C=O) groups is 1. The lowest BCUT2D eigenvalue weighted by molar-refractivity contribution is -0.122. The van der Waals surface area contributed by atoms with Crippen LogP contribution in [0.1, 0.15) is 48.0 Å². The molecule has 0 fully saturated rings. The number of amides is 1. The molecule has 0 spiro atoms. The van der Waals surface area contributed by atoms with Gasteiger partial charge in [0.1, 0.15) is 5.76 Å². The van der Waals surface area contributed by atoms with Crippen LogP contribution in [0.25, 0.3) is 0 Å². The van der Waals surface area contributed by atoms with Gasteiger partial charge >= 0.3 is 0 Å². The Morgan fingerprint density at radius 3 is 3.14 bits per heavy atom. The van der Waals surface area contributed by atoms with Crippen LogP contribution >= 0.6 is 11.6 Å². The zero-order valence-corrected chi connectivity index (χ0v) is 13.5. The van der Waals surface area contributed by atoms with Crippen molar-refractivity contribution in [3.05, 3.63) is 33.9 Å². The summed E-state index contributed by atoms with van der Waals surface area (Å²) < 4.78 is 6.94. The summed E-state index contributed by atoms with van der Waals surface area (Å²) in [4.78, 5) is 12.2. The van der Waals surface area contributed by atoms with Crippen LogP contribution in [-0.4, -0.2) is 20.8 Å². The van der Waals surface area contributed by atoms with Gasteiger partial charge in [-0.3, -0.25) is 9.48 Å². The fourth-order valence-electron chi connectivity index (χ4n) is 3.14. The SMILES string of the molecule is Cc1nn(C)c2c1C(NC(=O)CCc1cc(Cl)no1)CCC2. The largest absolute Gasteiger partial charge is 0.360 e. The summed E-state index contributed by atoms with van der Waals surface area (Å²) >= 11 is 5.69. The van der Waals surface area contributed by atoms with Gasteiger partial charge in [-0.05, 0) is 26.2 Å². The molecule has 6 nitrogen and oxygen atoms in total. The minimum absolute atomic E-state index is 0.00799. The van der Waals surface area contributed by atoms with Crippen LogP contribution in [-0.2, 0) is 24.7 Å². The van der Waals surface area contributed by atoms with Gasteiger partial charge in [0.05, 0.1) is 11.7 Å². The molecule has 1 aliphatic rings. The summed E-state index contributed by atoms with van der Waals surface area (Å²) in [5.41, 5.74) is 3.42. The lowest BCUT2D eigenvalue weighted by Crippen LogP contribution is -2.31. The monoisotopic (exact) mass is 322 g/mol. The molecule has 0 saturated heterocycles. The molecule has 1 atom stereocenters. The van der Waals surface area contributed by atoms with Gasteiger partial charge in [0.15, 0.2) is 5.15 Å². The van der Waals surface area contributed by atoms with Gasteiger partial charge in [0.2, 0.25) is 5.91 Å². The highest BCUT2D eigenvalue weighted by molar-refractivity contribution is 6.29. The summed E-state index contributed by atoms with van der Waals surface area (Å²) in [7, 11) is 1.96. The maximum absolute atomic E-state index is 12.2. The molecule has 3 rings (SSSR count). The number of nitrogens with one attached hydrogen (secondary N) is 1. The minimum atomic E-state index is 0.00799.